The predicted molar refractivity (Wildman–Crippen MR) is 147 cm³/mol. The first kappa shape index (κ1) is 25.7. The van der Waals surface area contributed by atoms with Crippen LogP contribution in [0.4, 0.5) is 5.69 Å². The Labute approximate surface area is 228 Å². The van der Waals surface area contributed by atoms with Gasteiger partial charge in [0.05, 0.1) is 32.7 Å². The highest BCUT2D eigenvalue weighted by Crippen LogP contribution is 2.35. The lowest BCUT2D eigenvalue weighted by molar-refractivity contribution is -0.115. The number of fused-ring (bicyclic) bond motifs is 2. The standard InChI is InChI=1S/C28H18Cl2N2O5S/c29-23-12-11-21(15-24(23)30)38(36,37)31-25(33)13-10-19-6-3-7-22-26(19)32(28(35)27(22)34)16-17-8-9-18-4-1-2-5-20(18)14-17/h1-15H,16H2,(H,31,33)/b13-10+. The van der Waals surface area contributed by atoms with Crippen molar-refractivity contribution in [3.8, 4) is 0 Å². The summed E-state index contributed by atoms with van der Waals surface area (Å²) in [4.78, 5) is 39.2. The van der Waals surface area contributed by atoms with Crippen LogP contribution in [-0.2, 0) is 26.2 Å². The SMILES string of the molecule is O=C(/C=C/c1cccc2c1N(Cc1ccc3ccccc3c1)C(=O)C2=O)NS(=O)(=O)c1ccc(Cl)c(Cl)c1. The Bertz CT molecular complexity index is 1780. The number of benzene rings is 4. The molecule has 190 valence electrons. The first-order valence-corrected chi connectivity index (χ1v) is 13.5. The number of hydrogen-bond donors (Lipinski definition) is 1. The average molecular weight is 565 g/mol. The number of nitrogens with zero attached hydrogens (tertiary/aromatic N) is 1. The van der Waals surface area contributed by atoms with Crippen LogP contribution in [0.2, 0.25) is 10.0 Å². The normalized spacial score (nSPS) is 13.4. The Morgan fingerprint density at radius 2 is 1.63 bits per heavy atom. The fourth-order valence-electron chi connectivity index (χ4n) is 4.23. The highest BCUT2D eigenvalue weighted by Gasteiger charge is 2.37. The van der Waals surface area contributed by atoms with E-state index in [-0.39, 0.29) is 27.0 Å². The number of sulfonamides is 1. The van der Waals surface area contributed by atoms with E-state index in [2.05, 4.69) is 0 Å². The molecule has 0 aliphatic carbocycles. The van der Waals surface area contributed by atoms with E-state index in [4.69, 9.17) is 23.2 Å². The van der Waals surface area contributed by atoms with Crippen molar-refractivity contribution >= 4 is 73.4 Å². The Balaban J connectivity index is 1.41. The third kappa shape index (κ3) is 4.93. The quantitative estimate of drug-likeness (QED) is 0.250. The van der Waals surface area contributed by atoms with Crippen LogP contribution in [0.15, 0.2) is 89.8 Å². The number of nitrogens with one attached hydrogen (secondary N) is 1. The average Bonchev–Trinajstić information content (AvgIpc) is 3.14. The van der Waals surface area contributed by atoms with Crippen LogP contribution >= 0.6 is 23.2 Å². The molecule has 4 aromatic rings. The molecular formula is C28H18Cl2N2O5S. The second-order valence-electron chi connectivity index (χ2n) is 8.52. The van der Waals surface area contributed by atoms with Crippen LogP contribution in [-0.4, -0.2) is 26.0 Å². The van der Waals surface area contributed by atoms with Gasteiger partial charge in [0.1, 0.15) is 0 Å². The monoisotopic (exact) mass is 564 g/mol. The molecule has 0 bridgehead atoms. The molecule has 0 spiro atoms. The lowest BCUT2D eigenvalue weighted by Crippen LogP contribution is -2.29. The first-order valence-electron chi connectivity index (χ1n) is 11.3. The molecule has 1 aliphatic rings. The number of carbonyl (C=O) groups excluding carboxylic acids is 3. The summed E-state index contributed by atoms with van der Waals surface area (Å²) < 4.78 is 27.1. The maximum absolute atomic E-state index is 12.9. The van der Waals surface area contributed by atoms with Crippen LogP contribution < -0.4 is 9.62 Å². The zero-order chi connectivity index (χ0) is 27.0. The van der Waals surface area contributed by atoms with Gasteiger partial charge in [-0.1, -0.05) is 71.7 Å². The molecule has 0 fully saturated rings. The maximum atomic E-state index is 12.9. The van der Waals surface area contributed by atoms with Crippen molar-refractivity contribution in [2.24, 2.45) is 0 Å². The van der Waals surface area contributed by atoms with Crippen LogP contribution in [0, 0.1) is 0 Å². The maximum Gasteiger partial charge on any atom is 0.299 e. The number of ketones is 1. The molecule has 0 unspecified atom stereocenters. The number of amides is 2. The topological polar surface area (TPSA) is 101 Å². The van der Waals surface area contributed by atoms with E-state index in [0.29, 0.717) is 11.3 Å². The second-order valence-corrected chi connectivity index (χ2v) is 11.0. The minimum atomic E-state index is -4.21. The number of halogens is 2. The van der Waals surface area contributed by atoms with Gasteiger partial charge in [-0.05, 0) is 58.3 Å². The third-order valence-corrected chi connectivity index (χ3v) is 8.11. The van der Waals surface area contributed by atoms with Crippen LogP contribution in [0.5, 0.6) is 0 Å². The molecule has 5 rings (SSSR count). The molecule has 0 saturated heterocycles. The summed E-state index contributed by atoms with van der Waals surface area (Å²) in [6.07, 6.45) is 2.38. The molecule has 1 aliphatic heterocycles. The minimum Gasteiger partial charge on any atom is -0.300 e. The highest BCUT2D eigenvalue weighted by molar-refractivity contribution is 7.90. The van der Waals surface area contributed by atoms with Crippen molar-refractivity contribution < 1.29 is 22.8 Å². The van der Waals surface area contributed by atoms with E-state index < -0.39 is 27.6 Å². The Hall–Kier alpha value is -3.98. The first-order chi connectivity index (χ1) is 18.1. The predicted octanol–water partition coefficient (Wildman–Crippen LogP) is 5.39. The molecule has 4 aromatic carbocycles. The molecule has 0 saturated carbocycles. The number of hydrogen-bond acceptors (Lipinski definition) is 5. The lowest BCUT2D eigenvalue weighted by atomic mass is 10.0. The summed E-state index contributed by atoms with van der Waals surface area (Å²) in [5, 5.41) is 2.24. The van der Waals surface area contributed by atoms with Gasteiger partial charge in [-0.3, -0.25) is 19.3 Å². The summed E-state index contributed by atoms with van der Waals surface area (Å²) >= 11 is 11.7. The molecule has 1 heterocycles. The molecule has 1 N–H and O–H groups in total. The van der Waals surface area contributed by atoms with Crippen LogP contribution in [0.3, 0.4) is 0 Å². The molecule has 0 radical (unpaired) electrons. The van der Waals surface area contributed by atoms with Crippen molar-refractivity contribution in [1.82, 2.24) is 4.72 Å². The van der Waals surface area contributed by atoms with Crippen molar-refractivity contribution in [3.63, 3.8) is 0 Å². The minimum absolute atomic E-state index is 0.0261. The molecule has 2 amide bonds. The largest absolute Gasteiger partial charge is 0.300 e. The van der Waals surface area contributed by atoms with E-state index in [0.717, 1.165) is 28.5 Å². The molecule has 7 nitrogen and oxygen atoms in total. The van der Waals surface area contributed by atoms with Crippen molar-refractivity contribution in [1.29, 1.82) is 0 Å². The summed E-state index contributed by atoms with van der Waals surface area (Å²) in [5.74, 6) is -2.26. The number of anilines is 1. The van der Waals surface area contributed by atoms with Crippen molar-refractivity contribution in [2.75, 3.05) is 4.90 Å². The van der Waals surface area contributed by atoms with E-state index in [1.807, 2.05) is 47.2 Å². The van der Waals surface area contributed by atoms with E-state index in [1.165, 1.54) is 23.1 Å². The zero-order valence-electron chi connectivity index (χ0n) is 19.5. The van der Waals surface area contributed by atoms with Gasteiger partial charge in [0.2, 0.25) is 0 Å². The van der Waals surface area contributed by atoms with Crippen molar-refractivity contribution in [3.05, 3.63) is 112 Å². The number of carbonyl (C=O) groups is 3. The summed E-state index contributed by atoms with van der Waals surface area (Å²) in [6, 6.07) is 22.0. The van der Waals surface area contributed by atoms with Gasteiger partial charge >= 0.3 is 0 Å². The Morgan fingerprint density at radius 3 is 2.39 bits per heavy atom. The fourth-order valence-corrected chi connectivity index (χ4v) is 5.56. The Kier molecular flexibility index (Phi) is 6.79. The fraction of sp³-hybridized carbons (Fsp3) is 0.0357. The van der Waals surface area contributed by atoms with Crippen LogP contribution in [0.25, 0.3) is 16.8 Å². The highest BCUT2D eigenvalue weighted by atomic mass is 35.5. The smallest absolute Gasteiger partial charge is 0.299 e. The lowest BCUT2D eigenvalue weighted by Gasteiger charge is -2.19. The third-order valence-electron chi connectivity index (χ3n) is 6.03. The number of para-hydroxylation sites is 1. The van der Waals surface area contributed by atoms with E-state index in [1.54, 1.807) is 18.2 Å². The molecule has 38 heavy (non-hydrogen) atoms. The van der Waals surface area contributed by atoms with Crippen molar-refractivity contribution in [2.45, 2.75) is 11.4 Å². The van der Waals surface area contributed by atoms with Gasteiger partial charge in [-0.2, -0.15) is 0 Å². The van der Waals surface area contributed by atoms with Gasteiger partial charge in [-0.25, -0.2) is 13.1 Å². The summed E-state index contributed by atoms with van der Waals surface area (Å²) in [5.41, 5.74) is 1.79. The molecule has 10 heteroatoms. The summed E-state index contributed by atoms with van der Waals surface area (Å²) in [6.45, 7) is 0.144. The zero-order valence-corrected chi connectivity index (χ0v) is 21.8. The number of rotatable bonds is 6. The van der Waals surface area contributed by atoms with Gasteiger partial charge in [0.15, 0.2) is 0 Å². The Morgan fingerprint density at radius 1 is 0.868 bits per heavy atom. The van der Waals surface area contributed by atoms with E-state index >= 15 is 0 Å². The van der Waals surface area contributed by atoms with E-state index in [9.17, 15) is 22.8 Å². The van der Waals surface area contributed by atoms with Gasteiger partial charge in [-0.15, -0.1) is 0 Å². The van der Waals surface area contributed by atoms with Gasteiger partial charge < -0.3 is 0 Å². The summed E-state index contributed by atoms with van der Waals surface area (Å²) in [7, 11) is -4.21. The van der Waals surface area contributed by atoms with Crippen LogP contribution in [0.1, 0.15) is 21.5 Å². The number of Topliss-reactive ketones (excluding diaryl/α,β-unsaturated/α-hetero) is 1. The molecular weight excluding hydrogens is 547 g/mol. The second kappa shape index (κ2) is 10.1. The molecule has 0 atom stereocenters. The van der Waals surface area contributed by atoms with Gasteiger partial charge in [0, 0.05) is 6.08 Å². The van der Waals surface area contributed by atoms with Gasteiger partial charge in [0.25, 0.3) is 27.6 Å². The molecule has 0 aromatic heterocycles.